The summed E-state index contributed by atoms with van der Waals surface area (Å²) in [5.41, 5.74) is 2.27. The van der Waals surface area contributed by atoms with Crippen molar-refractivity contribution >= 4 is 33.6 Å². The maximum atomic E-state index is 12.1. The van der Waals surface area contributed by atoms with Gasteiger partial charge in [0.25, 0.3) is 5.91 Å². The van der Waals surface area contributed by atoms with E-state index in [1.54, 1.807) is 6.20 Å². The van der Waals surface area contributed by atoms with Crippen LogP contribution in [0.1, 0.15) is 10.5 Å². The second-order valence-electron chi connectivity index (χ2n) is 4.61. The highest BCUT2D eigenvalue weighted by atomic mass is 32.1. The minimum absolute atomic E-state index is 0.196. The van der Waals surface area contributed by atoms with Crippen LogP contribution >= 0.6 is 11.3 Å². The predicted octanol–water partition coefficient (Wildman–Crippen LogP) is 2.71. The molecule has 0 fully saturated rings. The van der Waals surface area contributed by atoms with Crippen LogP contribution in [0.5, 0.6) is 0 Å². The lowest BCUT2D eigenvalue weighted by Crippen LogP contribution is -2.13. The standard InChI is InChI=1S/C14H14N4OS/c1-17(2)11-5-3-10(4-6-11)15-13(19)12-9-18-7-8-20-14(18)16-12/h3-9H,1-2H3,(H,15,19). The fourth-order valence-corrected chi connectivity index (χ4v) is 2.57. The van der Waals surface area contributed by atoms with Crippen molar-refractivity contribution in [2.75, 3.05) is 24.3 Å². The summed E-state index contributed by atoms with van der Waals surface area (Å²) in [5.74, 6) is -0.196. The average Bonchev–Trinajstić information content (AvgIpc) is 2.99. The summed E-state index contributed by atoms with van der Waals surface area (Å²) in [5, 5.41) is 4.78. The minimum atomic E-state index is -0.196. The van der Waals surface area contributed by atoms with Gasteiger partial charge in [-0.3, -0.25) is 9.20 Å². The van der Waals surface area contributed by atoms with Crippen LogP contribution in [0.3, 0.4) is 0 Å². The number of imidazole rings is 1. The fourth-order valence-electron chi connectivity index (χ4n) is 1.87. The molecule has 0 atom stereocenters. The monoisotopic (exact) mass is 286 g/mol. The predicted molar refractivity (Wildman–Crippen MR) is 81.8 cm³/mol. The van der Waals surface area contributed by atoms with Crippen molar-refractivity contribution in [3.63, 3.8) is 0 Å². The first kappa shape index (κ1) is 12.7. The second-order valence-corrected chi connectivity index (χ2v) is 5.49. The normalized spacial score (nSPS) is 10.7. The molecule has 6 heteroatoms. The third kappa shape index (κ3) is 2.37. The summed E-state index contributed by atoms with van der Waals surface area (Å²) in [4.78, 5) is 19.2. The summed E-state index contributed by atoms with van der Waals surface area (Å²) < 4.78 is 1.84. The number of carbonyl (C=O) groups is 1. The first-order valence-electron chi connectivity index (χ1n) is 6.14. The van der Waals surface area contributed by atoms with Gasteiger partial charge in [-0.05, 0) is 24.3 Å². The number of rotatable bonds is 3. The first-order chi connectivity index (χ1) is 9.63. The summed E-state index contributed by atoms with van der Waals surface area (Å²) >= 11 is 1.50. The van der Waals surface area contributed by atoms with Crippen molar-refractivity contribution in [3.8, 4) is 0 Å². The van der Waals surface area contributed by atoms with E-state index in [1.807, 2.05) is 59.2 Å². The SMILES string of the molecule is CN(C)c1ccc(NC(=O)c2cn3ccsc3n2)cc1. The Morgan fingerprint density at radius 2 is 2.05 bits per heavy atom. The average molecular weight is 286 g/mol. The van der Waals surface area contributed by atoms with Gasteiger partial charge >= 0.3 is 0 Å². The highest BCUT2D eigenvalue weighted by molar-refractivity contribution is 7.15. The van der Waals surface area contributed by atoms with Crippen LogP contribution in [-0.4, -0.2) is 29.4 Å². The molecule has 0 aliphatic heterocycles. The van der Waals surface area contributed by atoms with E-state index in [1.165, 1.54) is 11.3 Å². The number of hydrogen-bond donors (Lipinski definition) is 1. The van der Waals surface area contributed by atoms with Gasteiger partial charge in [-0.1, -0.05) is 0 Å². The first-order valence-corrected chi connectivity index (χ1v) is 7.02. The molecule has 0 aliphatic carbocycles. The van der Waals surface area contributed by atoms with E-state index in [0.29, 0.717) is 5.69 Å². The van der Waals surface area contributed by atoms with E-state index < -0.39 is 0 Å². The molecule has 2 heterocycles. The molecule has 5 nitrogen and oxygen atoms in total. The highest BCUT2D eigenvalue weighted by Crippen LogP contribution is 2.17. The van der Waals surface area contributed by atoms with Gasteiger partial charge in [-0.2, -0.15) is 0 Å². The van der Waals surface area contributed by atoms with Crippen LogP contribution in [0.2, 0.25) is 0 Å². The lowest BCUT2D eigenvalue weighted by atomic mass is 10.2. The molecule has 20 heavy (non-hydrogen) atoms. The highest BCUT2D eigenvalue weighted by Gasteiger charge is 2.11. The molecule has 0 unspecified atom stereocenters. The maximum absolute atomic E-state index is 12.1. The molecule has 0 saturated carbocycles. The third-order valence-corrected chi connectivity index (χ3v) is 3.74. The Labute approximate surface area is 120 Å². The zero-order valence-corrected chi connectivity index (χ0v) is 12.0. The summed E-state index contributed by atoms with van der Waals surface area (Å²) in [7, 11) is 3.96. The van der Waals surface area contributed by atoms with Gasteiger partial charge in [-0.15, -0.1) is 11.3 Å². The summed E-state index contributed by atoms with van der Waals surface area (Å²) in [6.45, 7) is 0. The summed E-state index contributed by atoms with van der Waals surface area (Å²) in [6.07, 6.45) is 3.62. The van der Waals surface area contributed by atoms with Gasteiger partial charge in [-0.25, -0.2) is 4.98 Å². The lowest BCUT2D eigenvalue weighted by Gasteiger charge is -2.12. The van der Waals surface area contributed by atoms with Crippen molar-refractivity contribution < 1.29 is 4.79 Å². The quantitative estimate of drug-likeness (QED) is 0.805. The molecule has 3 aromatic rings. The molecule has 0 spiro atoms. The zero-order chi connectivity index (χ0) is 14.1. The number of amides is 1. The molecular formula is C14H14N4OS. The van der Waals surface area contributed by atoms with Crippen LogP contribution < -0.4 is 10.2 Å². The van der Waals surface area contributed by atoms with Crippen LogP contribution in [0.25, 0.3) is 4.96 Å². The Bertz CT molecular complexity index is 713. The molecule has 102 valence electrons. The van der Waals surface area contributed by atoms with Gasteiger partial charge in [0, 0.05) is 43.2 Å². The molecule has 3 rings (SSSR count). The Balaban J connectivity index is 1.76. The number of benzene rings is 1. The van der Waals surface area contributed by atoms with E-state index in [2.05, 4.69) is 10.3 Å². The molecule has 1 amide bonds. The molecule has 1 N–H and O–H groups in total. The second kappa shape index (κ2) is 4.97. The molecule has 0 radical (unpaired) electrons. The van der Waals surface area contributed by atoms with E-state index >= 15 is 0 Å². The van der Waals surface area contributed by atoms with Gasteiger partial charge in [0.1, 0.15) is 5.69 Å². The molecular weight excluding hydrogens is 272 g/mol. The van der Waals surface area contributed by atoms with Crippen molar-refractivity contribution in [3.05, 3.63) is 47.7 Å². The van der Waals surface area contributed by atoms with Crippen molar-refractivity contribution in [2.45, 2.75) is 0 Å². The number of fused-ring (bicyclic) bond motifs is 1. The Kier molecular flexibility index (Phi) is 3.15. The number of aromatic nitrogens is 2. The van der Waals surface area contributed by atoms with Crippen LogP contribution in [0.15, 0.2) is 42.0 Å². The number of thiazole rings is 1. The van der Waals surface area contributed by atoms with Gasteiger partial charge in [0.2, 0.25) is 0 Å². The molecule has 0 saturated heterocycles. The van der Waals surface area contributed by atoms with E-state index in [4.69, 9.17) is 0 Å². The van der Waals surface area contributed by atoms with Gasteiger partial charge in [0.05, 0.1) is 0 Å². The number of hydrogen-bond acceptors (Lipinski definition) is 4. The Morgan fingerprint density at radius 1 is 1.30 bits per heavy atom. The molecule has 0 bridgehead atoms. The molecule has 0 aliphatic rings. The van der Waals surface area contributed by atoms with Crippen LogP contribution in [0, 0.1) is 0 Å². The minimum Gasteiger partial charge on any atom is -0.378 e. The number of nitrogens with zero attached hydrogens (tertiary/aromatic N) is 3. The number of anilines is 2. The third-order valence-electron chi connectivity index (χ3n) is 2.97. The zero-order valence-electron chi connectivity index (χ0n) is 11.2. The number of nitrogens with one attached hydrogen (secondary N) is 1. The van der Waals surface area contributed by atoms with Crippen molar-refractivity contribution in [1.29, 1.82) is 0 Å². The Hall–Kier alpha value is -2.34. The molecule has 1 aromatic carbocycles. The number of carbonyl (C=O) groups excluding carboxylic acids is 1. The van der Waals surface area contributed by atoms with Crippen molar-refractivity contribution in [1.82, 2.24) is 9.38 Å². The maximum Gasteiger partial charge on any atom is 0.275 e. The van der Waals surface area contributed by atoms with E-state index in [9.17, 15) is 4.79 Å². The topological polar surface area (TPSA) is 49.6 Å². The van der Waals surface area contributed by atoms with Crippen molar-refractivity contribution in [2.24, 2.45) is 0 Å². The van der Waals surface area contributed by atoms with Crippen LogP contribution in [-0.2, 0) is 0 Å². The summed E-state index contributed by atoms with van der Waals surface area (Å²) in [6, 6.07) is 7.68. The van der Waals surface area contributed by atoms with E-state index in [0.717, 1.165) is 16.3 Å². The lowest BCUT2D eigenvalue weighted by molar-refractivity contribution is 0.102. The van der Waals surface area contributed by atoms with E-state index in [-0.39, 0.29) is 5.91 Å². The van der Waals surface area contributed by atoms with Gasteiger partial charge in [0.15, 0.2) is 4.96 Å². The fraction of sp³-hybridized carbons (Fsp3) is 0.143. The Morgan fingerprint density at radius 3 is 2.70 bits per heavy atom. The molecule has 2 aromatic heterocycles. The smallest absolute Gasteiger partial charge is 0.275 e. The largest absolute Gasteiger partial charge is 0.378 e. The van der Waals surface area contributed by atoms with Gasteiger partial charge < -0.3 is 10.2 Å². The van der Waals surface area contributed by atoms with Crippen LogP contribution in [0.4, 0.5) is 11.4 Å².